The Morgan fingerprint density at radius 1 is 1.53 bits per heavy atom. The van der Waals surface area contributed by atoms with Gasteiger partial charge in [-0.1, -0.05) is 35.8 Å². The van der Waals surface area contributed by atoms with Crippen LogP contribution < -0.4 is 5.32 Å². The maximum atomic E-state index is 11.3. The van der Waals surface area contributed by atoms with Crippen LogP contribution in [0.15, 0.2) is 22.7 Å². The summed E-state index contributed by atoms with van der Waals surface area (Å²) in [6, 6.07) is 5.97. The Morgan fingerprint density at radius 3 is 2.89 bits per heavy atom. The van der Waals surface area contributed by atoms with Gasteiger partial charge in [0.1, 0.15) is 6.04 Å². The standard InChI is InChI=1S/C15H20BrNO2/c1-9(2)7-14(15(18)19)17-13-6-3-10-8-11(16)4-5-12(10)13/h4-5,8-9,13-14,17H,3,6-7H2,1-2H3,(H,18,19). The van der Waals surface area contributed by atoms with E-state index in [0.717, 1.165) is 17.3 Å². The second-order valence-electron chi connectivity index (χ2n) is 5.62. The molecule has 2 rings (SSSR count). The third-order valence-electron chi connectivity index (χ3n) is 3.59. The molecule has 0 radical (unpaired) electrons. The lowest BCUT2D eigenvalue weighted by atomic mass is 10.0. The summed E-state index contributed by atoms with van der Waals surface area (Å²) in [5, 5.41) is 12.6. The normalized spacial score (nSPS) is 19.5. The first-order valence-corrected chi connectivity index (χ1v) is 7.54. The number of aryl methyl sites for hydroxylation is 1. The number of benzene rings is 1. The van der Waals surface area contributed by atoms with Crippen LogP contribution in [0.1, 0.15) is 43.9 Å². The Kier molecular flexibility index (Phi) is 4.63. The molecule has 0 spiro atoms. The van der Waals surface area contributed by atoms with Crippen molar-refractivity contribution in [2.24, 2.45) is 5.92 Å². The van der Waals surface area contributed by atoms with Crippen LogP contribution in [0, 0.1) is 5.92 Å². The van der Waals surface area contributed by atoms with Gasteiger partial charge in [0, 0.05) is 10.5 Å². The van der Waals surface area contributed by atoms with E-state index in [1.807, 2.05) is 6.07 Å². The van der Waals surface area contributed by atoms with Gasteiger partial charge in [0.15, 0.2) is 0 Å². The quantitative estimate of drug-likeness (QED) is 0.870. The number of halogens is 1. The summed E-state index contributed by atoms with van der Waals surface area (Å²) in [6.45, 7) is 4.11. The van der Waals surface area contributed by atoms with Crippen molar-refractivity contribution in [1.29, 1.82) is 0 Å². The van der Waals surface area contributed by atoms with Crippen LogP contribution in [0.3, 0.4) is 0 Å². The Labute approximate surface area is 122 Å². The Hall–Kier alpha value is -0.870. The number of rotatable bonds is 5. The van der Waals surface area contributed by atoms with E-state index >= 15 is 0 Å². The molecule has 4 heteroatoms. The van der Waals surface area contributed by atoms with Crippen LogP contribution in [0.2, 0.25) is 0 Å². The molecule has 1 aromatic carbocycles. The zero-order chi connectivity index (χ0) is 14.0. The first-order valence-electron chi connectivity index (χ1n) is 6.74. The maximum absolute atomic E-state index is 11.3. The summed E-state index contributed by atoms with van der Waals surface area (Å²) < 4.78 is 1.09. The molecule has 2 atom stereocenters. The first-order chi connectivity index (χ1) is 8.97. The second kappa shape index (κ2) is 6.06. The summed E-state index contributed by atoms with van der Waals surface area (Å²) in [4.78, 5) is 11.3. The molecule has 0 bridgehead atoms. The van der Waals surface area contributed by atoms with Gasteiger partial charge in [-0.05, 0) is 48.4 Å². The van der Waals surface area contributed by atoms with Crippen molar-refractivity contribution in [3.63, 3.8) is 0 Å². The van der Waals surface area contributed by atoms with Crippen LogP contribution in [0.4, 0.5) is 0 Å². The van der Waals surface area contributed by atoms with Crippen molar-refractivity contribution in [3.05, 3.63) is 33.8 Å². The molecule has 104 valence electrons. The molecule has 0 amide bonds. The lowest BCUT2D eigenvalue weighted by Gasteiger charge is -2.22. The molecule has 0 saturated carbocycles. The molecule has 19 heavy (non-hydrogen) atoms. The van der Waals surface area contributed by atoms with Gasteiger partial charge >= 0.3 is 5.97 Å². The first kappa shape index (κ1) is 14.5. The van der Waals surface area contributed by atoms with E-state index in [2.05, 4.69) is 47.2 Å². The highest BCUT2D eigenvalue weighted by atomic mass is 79.9. The maximum Gasteiger partial charge on any atom is 0.320 e. The van der Waals surface area contributed by atoms with Gasteiger partial charge in [0.05, 0.1) is 0 Å². The number of carbonyl (C=O) groups is 1. The van der Waals surface area contributed by atoms with Crippen molar-refractivity contribution in [2.75, 3.05) is 0 Å². The van der Waals surface area contributed by atoms with Gasteiger partial charge in [-0.2, -0.15) is 0 Å². The number of aliphatic carboxylic acids is 1. The number of hydrogen-bond donors (Lipinski definition) is 2. The predicted octanol–water partition coefficient (Wildman–Crippen LogP) is 3.53. The van der Waals surface area contributed by atoms with E-state index < -0.39 is 12.0 Å². The summed E-state index contributed by atoms with van der Waals surface area (Å²) in [6.07, 6.45) is 2.66. The molecule has 0 aromatic heterocycles. The number of hydrogen-bond acceptors (Lipinski definition) is 2. The van der Waals surface area contributed by atoms with Crippen molar-refractivity contribution in [3.8, 4) is 0 Å². The van der Waals surface area contributed by atoms with Gasteiger partial charge in [-0.15, -0.1) is 0 Å². The Bertz CT molecular complexity index is 473. The Morgan fingerprint density at radius 2 is 2.26 bits per heavy atom. The van der Waals surface area contributed by atoms with Crippen LogP contribution in [0.25, 0.3) is 0 Å². The minimum Gasteiger partial charge on any atom is -0.480 e. The molecule has 2 N–H and O–H groups in total. The summed E-state index contributed by atoms with van der Waals surface area (Å²) in [5.41, 5.74) is 2.57. The average Bonchev–Trinajstić information content (AvgIpc) is 2.70. The fourth-order valence-electron chi connectivity index (χ4n) is 2.71. The van der Waals surface area contributed by atoms with Crippen LogP contribution in [-0.2, 0) is 11.2 Å². The van der Waals surface area contributed by atoms with Crippen LogP contribution in [-0.4, -0.2) is 17.1 Å². The van der Waals surface area contributed by atoms with Gasteiger partial charge in [-0.3, -0.25) is 10.1 Å². The molecule has 1 aromatic rings. The van der Waals surface area contributed by atoms with E-state index in [1.54, 1.807) is 0 Å². The topological polar surface area (TPSA) is 49.3 Å². The van der Waals surface area contributed by atoms with E-state index in [-0.39, 0.29) is 6.04 Å². The highest BCUT2D eigenvalue weighted by molar-refractivity contribution is 9.10. The molecule has 0 aliphatic heterocycles. The lowest BCUT2D eigenvalue weighted by molar-refractivity contribution is -0.140. The monoisotopic (exact) mass is 325 g/mol. The number of nitrogens with one attached hydrogen (secondary N) is 1. The van der Waals surface area contributed by atoms with Crippen molar-refractivity contribution >= 4 is 21.9 Å². The third-order valence-corrected chi connectivity index (χ3v) is 4.08. The zero-order valence-electron chi connectivity index (χ0n) is 11.3. The third kappa shape index (κ3) is 3.57. The van der Waals surface area contributed by atoms with E-state index in [1.165, 1.54) is 11.1 Å². The van der Waals surface area contributed by atoms with Gasteiger partial charge in [-0.25, -0.2) is 0 Å². The highest BCUT2D eigenvalue weighted by Gasteiger charge is 2.28. The fourth-order valence-corrected chi connectivity index (χ4v) is 3.12. The van der Waals surface area contributed by atoms with Crippen molar-refractivity contribution < 1.29 is 9.90 Å². The zero-order valence-corrected chi connectivity index (χ0v) is 12.9. The summed E-state index contributed by atoms with van der Waals surface area (Å²) in [7, 11) is 0. The molecule has 0 heterocycles. The molecule has 2 unspecified atom stereocenters. The fraction of sp³-hybridized carbons (Fsp3) is 0.533. The van der Waals surface area contributed by atoms with E-state index in [9.17, 15) is 9.90 Å². The largest absolute Gasteiger partial charge is 0.480 e. The smallest absolute Gasteiger partial charge is 0.320 e. The molecule has 1 aliphatic carbocycles. The minimum absolute atomic E-state index is 0.169. The molecule has 0 saturated heterocycles. The highest BCUT2D eigenvalue weighted by Crippen LogP contribution is 2.33. The summed E-state index contributed by atoms with van der Waals surface area (Å²) >= 11 is 3.48. The SMILES string of the molecule is CC(C)CC(NC1CCc2cc(Br)ccc21)C(=O)O. The van der Waals surface area contributed by atoms with E-state index in [4.69, 9.17) is 0 Å². The number of carboxylic acid groups (broad SMARTS) is 1. The molecule has 0 fully saturated rings. The molecule has 1 aliphatic rings. The van der Waals surface area contributed by atoms with Gasteiger partial charge < -0.3 is 5.11 Å². The molecular weight excluding hydrogens is 306 g/mol. The minimum atomic E-state index is -0.751. The van der Waals surface area contributed by atoms with Gasteiger partial charge in [0.25, 0.3) is 0 Å². The Balaban J connectivity index is 2.10. The molecule has 3 nitrogen and oxygen atoms in total. The van der Waals surface area contributed by atoms with Gasteiger partial charge in [0.2, 0.25) is 0 Å². The summed E-state index contributed by atoms with van der Waals surface area (Å²) in [5.74, 6) is -0.376. The number of carboxylic acids is 1. The second-order valence-corrected chi connectivity index (χ2v) is 6.54. The van der Waals surface area contributed by atoms with E-state index in [0.29, 0.717) is 12.3 Å². The number of fused-ring (bicyclic) bond motifs is 1. The van der Waals surface area contributed by atoms with Crippen LogP contribution >= 0.6 is 15.9 Å². The van der Waals surface area contributed by atoms with Crippen LogP contribution in [0.5, 0.6) is 0 Å². The van der Waals surface area contributed by atoms with Crippen molar-refractivity contribution in [2.45, 2.75) is 45.2 Å². The lowest BCUT2D eigenvalue weighted by Crippen LogP contribution is -2.39. The predicted molar refractivity (Wildman–Crippen MR) is 79.2 cm³/mol. The average molecular weight is 326 g/mol. The van der Waals surface area contributed by atoms with Crippen molar-refractivity contribution in [1.82, 2.24) is 5.32 Å². The molecular formula is C15H20BrNO2.